The molecule has 0 aliphatic carbocycles. The molecule has 0 bridgehead atoms. The van der Waals surface area contributed by atoms with E-state index in [1.165, 1.54) is 0 Å². The van der Waals surface area contributed by atoms with Gasteiger partial charge in [-0.15, -0.1) is 12.4 Å². The highest BCUT2D eigenvalue weighted by Gasteiger charge is 2.40. The van der Waals surface area contributed by atoms with Crippen LogP contribution in [0.2, 0.25) is 0 Å². The molecule has 1 heterocycles. The van der Waals surface area contributed by atoms with Gasteiger partial charge in [0, 0.05) is 0 Å². The van der Waals surface area contributed by atoms with Crippen molar-refractivity contribution in [1.82, 2.24) is 5.32 Å². The summed E-state index contributed by atoms with van der Waals surface area (Å²) in [6.45, 7) is 1.50. The fourth-order valence-electron chi connectivity index (χ4n) is 4.22. The van der Waals surface area contributed by atoms with E-state index in [-0.39, 0.29) is 30.3 Å². The molecule has 172 valence electrons. The first-order valence-electron chi connectivity index (χ1n) is 9.76. The van der Waals surface area contributed by atoms with E-state index in [1.54, 1.807) is 0 Å². The predicted octanol–water partition coefficient (Wildman–Crippen LogP) is 6.28. The maximum absolute atomic E-state index is 13.4. The van der Waals surface area contributed by atoms with Crippen LogP contribution >= 0.6 is 12.4 Å². The topological polar surface area (TPSA) is 32.3 Å². The molecule has 1 aliphatic rings. The SMILES string of the molecule is Cl.OC(CCC1(c2ccccc2)CCNCC1)c1ccc(C(F)(F)F)cc1C(F)(F)F. The number of aliphatic hydroxyl groups is 1. The Morgan fingerprint density at radius 1 is 0.903 bits per heavy atom. The van der Waals surface area contributed by atoms with Gasteiger partial charge < -0.3 is 10.4 Å². The number of nitrogens with one attached hydrogen (secondary N) is 1. The highest BCUT2D eigenvalue weighted by molar-refractivity contribution is 5.85. The van der Waals surface area contributed by atoms with Crippen molar-refractivity contribution in [1.29, 1.82) is 0 Å². The second kappa shape index (κ2) is 9.79. The molecule has 31 heavy (non-hydrogen) atoms. The van der Waals surface area contributed by atoms with Gasteiger partial charge in [-0.25, -0.2) is 0 Å². The van der Waals surface area contributed by atoms with Crippen LogP contribution in [0.4, 0.5) is 26.3 Å². The molecule has 2 aromatic rings. The van der Waals surface area contributed by atoms with Gasteiger partial charge in [-0.3, -0.25) is 0 Å². The molecule has 0 saturated carbocycles. The molecule has 0 amide bonds. The minimum Gasteiger partial charge on any atom is -0.388 e. The third-order valence-electron chi connectivity index (χ3n) is 5.89. The van der Waals surface area contributed by atoms with Gasteiger partial charge in [0.15, 0.2) is 0 Å². The maximum atomic E-state index is 13.4. The summed E-state index contributed by atoms with van der Waals surface area (Å²) >= 11 is 0. The summed E-state index contributed by atoms with van der Waals surface area (Å²) in [5.41, 5.74) is -2.58. The summed E-state index contributed by atoms with van der Waals surface area (Å²) in [6.07, 6.45) is -9.42. The normalized spacial score (nSPS) is 17.6. The van der Waals surface area contributed by atoms with Crippen LogP contribution < -0.4 is 5.32 Å². The van der Waals surface area contributed by atoms with Crippen LogP contribution in [0.3, 0.4) is 0 Å². The molecule has 0 radical (unpaired) electrons. The van der Waals surface area contributed by atoms with Crippen molar-refractivity contribution < 1.29 is 31.4 Å². The van der Waals surface area contributed by atoms with E-state index < -0.39 is 35.1 Å². The Hall–Kier alpha value is -1.77. The number of hydrogen-bond acceptors (Lipinski definition) is 2. The zero-order valence-corrected chi connectivity index (χ0v) is 17.4. The lowest BCUT2D eigenvalue weighted by Crippen LogP contribution is -2.40. The lowest BCUT2D eigenvalue weighted by molar-refractivity contribution is -0.144. The fourth-order valence-corrected chi connectivity index (χ4v) is 4.22. The van der Waals surface area contributed by atoms with Crippen LogP contribution in [0.5, 0.6) is 0 Å². The monoisotopic (exact) mass is 467 g/mol. The summed E-state index contributed by atoms with van der Waals surface area (Å²) in [6, 6.07) is 11.0. The van der Waals surface area contributed by atoms with E-state index in [4.69, 9.17) is 0 Å². The molecule has 0 spiro atoms. The largest absolute Gasteiger partial charge is 0.416 e. The second-order valence-corrected chi connectivity index (χ2v) is 7.75. The molecule has 2 nitrogen and oxygen atoms in total. The molecular weight excluding hydrogens is 444 g/mol. The molecular formula is C22H24ClF6NO. The summed E-state index contributed by atoms with van der Waals surface area (Å²) in [7, 11) is 0. The first-order valence-corrected chi connectivity index (χ1v) is 9.76. The highest BCUT2D eigenvalue weighted by Crippen LogP contribution is 2.43. The number of benzene rings is 2. The minimum absolute atomic E-state index is 0. The lowest BCUT2D eigenvalue weighted by Gasteiger charge is -2.39. The fraction of sp³-hybridized carbons (Fsp3) is 0.455. The number of hydrogen-bond donors (Lipinski definition) is 2. The smallest absolute Gasteiger partial charge is 0.388 e. The van der Waals surface area contributed by atoms with Gasteiger partial charge in [0.2, 0.25) is 0 Å². The first kappa shape index (κ1) is 25.5. The molecule has 1 unspecified atom stereocenters. The van der Waals surface area contributed by atoms with Crippen molar-refractivity contribution in [3.63, 3.8) is 0 Å². The van der Waals surface area contributed by atoms with Gasteiger partial charge in [0.05, 0.1) is 17.2 Å². The Morgan fingerprint density at radius 2 is 1.52 bits per heavy atom. The van der Waals surface area contributed by atoms with Gasteiger partial charge in [0.25, 0.3) is 0 Å². The Bertz CT molecular complexity index is 847. The van der Waals surface area contributed by atoms with Gasteiger partial charge >= 0.3 is 12.4 Å². The summed E-state index contributed by atoms with van der Waals surface area (Å²) in [5, 5.41) is 13.8. The number of alkyl halides is 6. The third-order valence-corrected chi connectivity index (χ3v) is 5.89. The molecule has 1 saturated heterocycles. The van der Waals surface area contributed by atoms with E-state index in [0.29, 0.717) is 12.5 Å². The first-order chi connectivity index (χ1) is 14.0. The summed E-state index contributed by atoms with van der Waals surface area (Å²) in [4.78, 5) is 0. The second-order valence-electron chi connectivity index (χ2n) is 7.75. The molecule has 3 rings (SSSR count). The highest BCUT2D eigenvalue weighted by atomic mass is 35.5. The van der Waals surface area contributed by atoms with Crippen LogP contribution in [-0.4, -0.2) is 18.2 Å². The Morgan fingerprint density at radius 3 is 2.06 bits per heavy atom. The minimum atomic E-state index is -5.00. The maximum Gasteiger partial charge on any atom is 0.416 e. The van der Waals surface area contributed by atoms with Crippen molar-refractivity contribution in [3.05, 3.63) is 70.8 Å². The van der Waals surface area contributed by atoms with E-state index in [0.717, 1.165) is 37.6 Å². The molecule has 2 N–H and O–H groups in total. The van der Waals surface area contributed by atoms with Gasteiger partial charge in [0.1, 0.15) is 0 Å². The molecule has 1 aliphatic heterocycles. The summed E-state index contributed by atoms with van der Waals surface area (Å²) < 4.78 is 78.9. The zero-order valence-electron chi connectivity index (χ0n) is 16.6. The summed E-state index contributed by atoms with van der Waals surface area (Å²) in [5.74, 6) is 0. The Labute approximate surface area is 183 Å². The molecule has 1 atom stereocenters. The number of halogens is 7. The lowest BCUT2D eigenvalue weighted by atomic mass is 9.69. The van der Waals surface area contributed by atoms with E-state index in [9.17, 15) is 31.4 Å². The van der Waals surface area contributed by atoms with Crippen molar-refractivity contribution in [2.24, 2.45) is 0 Å². The Balaban J connectivity index is 0.00000341. The van der Waals surface area contributed by atoms with Crippen LogP contribution in [0.1, 0.15) is 54.0 Å². The third kappa shape index (κ3) is 5.93. The van der Waals surface area contributed by atoms with Crippen molar-refractivity contribution in [2.75, 3.05) is 13.1 Å². The van der Waals surface area contributed by atoms with Crippen LogP contribution in [0, 0.1) is 0 Å². The van der Waals surface area contributed by atoms with E-state index >= 15 is 0 Å². The molecule has 2 aromatic carbocycles. The number of piperidine rings is 1. The van der Waals surface area contributed by atoms with Crippen molar-refractivity contribution >= 4 is 12.4 Å². The average molecular weight is 468 g/mol. The molecule has 9 heteroatoms. The zero-order chi connectivity index (χ0) is 22.0. The molecule has 0 aromatic heterocycles. The van der Waals surface area contributed by atoms with Crippen LogP contribution in [-0.2, 0) is 17.8 Å². The van der Waals surface area contributed by atoms with E-state index in [1.807, 2.05) is 30.3 Å². The van der Waals surface area contributed by atoms with Gasteiger partial charge in [-0.05, 0) is 67.4 Å². The van der Waals surface area contributed by atoms with E-state index in [2.05, 4.69) is 5.32 Å². The number of aliphatic hydroxyl groups excluding tert-OH is 1. The quantitative estimate of drug-likeness (QED) is 0.507. The van der Waals surface area contributed by atoms with Gasteiger partial charge in [-0.1, -0.05) is 36.4 Å². The molecule has 1 fully saturated rings. The standard InChI is InChI=1S/C22H23F6NO.ClH/c23-21(24,25)16-6-7-17(18(14-16)22(26,27)28)19(30)8-9-20(10-12-29-13-11-20)15-4-2-1-3-5-15;/h1-7,14,19,29-30H,8-13H2;1H. The average Bonchev–Trinajstić information content (AvgIpc) is 2.71. The number of rotatable bonds is 5. The Kier molecular flexibility index (Phi) is 8.05. The van der Waals surface area contributed by atoms with Gasteiger partial charge in [-0.2, -0.15) is 26.3 Å². The predicted molar refractivity (Wildman–Crippen MR) is 108 cm³/mol. The van der Waals surface area contributed by atoms with Crippen molar-refractivity contribution in [2.45, 2.75) is 49.6 Å². The van der Waals surface area contributed by atoms with Crippen molar-refractivity contribution in [3.8, 4) is 0 Å². The van der Waals surface area contributed by atoms with Crippen LogP contribution in [0.15, 0.2) is 48.5 Å². The van der Waals surface area contributed by atoms with Crippen LogP contribution in [0.25, 0.3) is 0 Å².